The van der Waals surface area contributed by atoms with E-state index >= 15 is 0 Å². The maximum absolute atomic E-state index is 12.9. The van der Waals surface area contributed by atoms with Gasteiger partial charge in [-0.3, -0.25) is 14.6 Å². The van der Waals surface area contributed by atoms with Gasteiger partial charge in [-0.1, -0.05) is 24.1 Å². The number of amidine groups is 1. The number of imide groups is 1. The fourth-order valence-electron chi connectivity index (χ4n) is 3.14. The molecule has 0 radical (unpaired) electrons. The summed E-state index contributed by atoms with van der Waals surface area (Å²) in [5.41, 5.74) is 0.927. The maximum Gasteiger partial charge on any atom is 0.416 e. The van der Waals surface area contributed by atoms with Gasteiger partial charge in [0.2, 0.25) is 11.9 Å². The second-order valence-corrected chi connectivity index (χ2v) is 6.12. The minimum absolute atomic E-state index is 0.226. The minimum Gasteiger partial charge on any atom is -0.270 e. The Hall–Kier alpha value is -2.51. The van der Waals surface area contributed by atoms with E-state index in [2.05, 4.69) is 17.0 Å². The lowest BCUT2D eigenvalue weighted by Crippen LogP contribution is -2.63. The second-order valence-electron chi connectivity index (χ2n) is 6.12. The fraction of sp³-hybridized carbons (Fsp3) is 0.562. The minimum atomic E-state index is -0.558. The molecule has 0 aliphatic carbocycles. The molecule has 0 aromatic heterocycles. The number of aliphatic imine (C=N–C) groups is 1. The molecule has 3 heterocycles. The van der Waals surface area contributed by atoms with Gasteiger partial charge in [0.1, 0.15) is 6.54 Å². The fourth-order valence-corrected chi connectivity index (χ4v) is 3.14. The van der Waals surface area contributed by atoms with E-state index in [1.807, 2.05) is 29.5 Å². The Kier molecular flexibility index (Phi) is 4.21. The first-order valence-electron chi connectivity index (χ1n) is 8.23. The van der Waals surface area contributed by atoms with Crippen LogP contribution in [0.5, 0.6) is 0 Å². The number of rotatable bonds is 4. The van der Waals surface area contributed by atoms with E-state index in [0.29, 0.717) is 18.3 Å². The average Bonchev–Trinajstić information content (AvgIpc) is 2.93. The molecule has 1 saturated heterocycles. The smallest absolute Gasteiger partial charge is 0.270 e. The van der Waals surface area contributed by atoms with Crippen molar-refractivity contribution in [3.63, 3.8) is 0 Å². The van der Waals surface area contributed by atoms with Gasteiger partial charge in [-0.2, -0.15) is 0 Å². The van der Waals surface area contributed by atoms with Gasteiger partial charge in [0.05, 0.1) is 12.3 Å². The van der Waals surface area contributed by atoms with Crippen LogP contribution in [0.15, 0.2) is 22.2 Å². The second kappa shape index (κ2) is 6.18. The van der Waals surface area contributed by atoms with Gasteiger partial charge in [0.15, 0.2) is 0 Å². The van der Waals surface area contributed by atoms with Gasteiger partial charge in [-0.05, 0) is 20.3 Å². The van der Waals surface area contributed by atoms with Crippen LogP contribution < -0.4 is 0 Å². The Morgan fingerprint density at radius 3 is 2.79 bits per heavy atom. The molecular weight excluding hydrogens is 308 g/mol. The number of fused-ring (bicyclic) bond motifs is 2. The van der Waals surface area contributed by atoms with E-state index in [-0.39, 0.29) is 18.5 Å². The molecule has 0 bridgehead atoms. The van der Waals surface area contributed by atoms with Crippen LogP contribution in [-0.4, -0.2) is 81.6 Å². The highest BCUT2D eigenvalue weighted by Crippen LogP contribution is 2.22. The molecular formula is C16H23N6O2+. The molecule has 3 aliphatic heterocycles. The molecule has 3 aliphatic rings. The topological polar surface area (TPSA) is 71.6 Å². The molecule has 0 aromatic carbocycles. The molecule has 3 rings (SSSR count). The molecule has 0 saturated carbocycles. The quantitative estimate of drug-likeness (QED) is 0.562. The molecule has 1 atom stereocenters. The van der Waals surface area contributed by atoms with Crippen LogP contribution in [0.3, 0.4) is 0 Å². The molecule has 0 N–H and O–H groups in total. The molecule has 3 amide bonds. The summed E-state index contributed by atoms with van der Waals surface area (Å²) in [6.45, 7) is 7.41. The van der Waals surface area contributed by atoms with Gasteiger partial charge in [-0.15, -0.1) is 10.1 Å². The van der Waals surface area contributed by atoms with Crippen molar-refractivity contribution in [2.75, 3.05) is 26.7 Å². The lowest BCUT2D eigenvalue weighted by atomic mass is 10.1. The van der Waals surface area contributed by atoms with Crippen molar-refractivity contribution in [2.45, 2.75) is 33.2 Å². The molecule has 0 aromatic rings. The van der Waals surface area contributed by atoms with E-state index in [0.717, 1.165) is 18.7 Å². The third-order valence-corrected chi connectivity index (χ3v) is 4.27. The number of hydrazone groups is 1. The largest absolute Gasteiger partial charge is 0.416 e. The van der Waals surface area contributed by atoms with Gasteiger partial charge >= 0.3 is 12.0 Å². The lowest BCUT2D eigenvalue weighted by molar-refractivity contribution is -0.527. The van der Waals surface area contributed by atoms with E-state index in [9.17, 15) is 9.59 Å². The normalized spacial score (nSPS) is 23.8. The summed E-state index contributed by atoms with van der Waals surface area (Å²) in [5.74, 6) is 0.919. The van der Waals surface area contributed by atoms with Crippen LogP contribution >= 0.6 is 0 Å². The maximum atomic E-state index is 12.9. The summed E-state index contributed by atoms with van der Waals surface area (Å²) in [7, 11) is 1.67. The van der Waals surface area contributed by atoms with Crippen molar-refractivity contribution in [3.8, 4) is 0 Å². The standard InChI is InChI=1S/C16H23N6O2/c1-5-7-9-20-14(23)12-13(19(4)16(20)24)17-15-21(12)10-11(3)18-22(15)8-6-2/h5,7,12H,6,8-10H2,1-4H3/q+1/b7-5+. The molecule has 128 valence electrons. The predicted octanol–water partition coefficient (Wildman–Crippen LogP) is 0.707. The van der Waals surface area contributed by atoms with Crippen molar-refractivity contribution >= 4 is 29.4 Å². The van der Waals surface area contributed by atoms with Crippen molar-refractivity contribution in [3.05, 3.63) is 12.2 Å². The number of likely N-dealkylation sites (N-methyl/N-ethyl adjacent to an activating group) is 1. The zero-order valence-electron chi connectivity index (χ0n) is 14.6. The van der Waals surface area contributed by atoms with Crippen LogP contribution in [0.1, 0.15) is 27.2 Å². The Labute approximate surface area is 141 Å². The highest BCUT2D eigenvalue weighted by atomic mass is 16.2. The summed E-state index contributed by atoms with van der Waals surface area (Å²) in [4.78, 5) is 32.8. The molecule has 8 nitrogen and oxygen atoms in total. The van der Waals surface area contributed by atoms with Crippen LogP contribution in [0.4, 0.5) is 4.79 Å². The number of amides is 3. The summed E-state index contributed by atoms with van der Waals surface area (Å²) >= 11 is 0. The summed E-state index contributed by atoms with van der Waals surface area (Å²) in [5, 5.41) is 6.36. The number of carbonyl (C=O) groups is 2. The zero-order valence-corrected chi connectivity index (χ0v) is 14.6. The number of carbonyl (C=O) groups excluding carboxylic acids is 2. The van der Waals surface area contributed by atoms with Crippen LogP contribution in [0.25, 0.3) is 0 Å². The first kappa shape index (κ1) is 16.4. The van der Waals surface area contributed by atoms with Crippen LogP contribution in [0.2, 0.25) is 0 Å². The summed E-state index contributed by atoms with van der Waals surface area (Å²) < 4.78 is 1.95. The number of hydrogen-bond acceptors (Lipinski definition) is 5. The highest BCUT2D eigenvalue weighted by Gasteiger charge is 2.54. The van der Waals surface area contributed by atoms with Gasteiger partial charge in [0, 0.05) is 13.6 Å². The number of guanidine groups is 1. The van der Waals surface area contributed by atoms with Gasteiger partial charge in [-0.25, -0.2) is 9.37 Å². The Morgan fingerprint density at radius 2 is 2.12 bits per heavy atom. The van der Waals surface area contributed by atoms with Crippen molar-refractivity contribution in [1.82, 2.24) is 14.8 Å². The Morgan fingerprint density at radius 1 is 1.38 bits per heavy atom. The van der Waals surface area contributed by atoms with E-state index < -0.39 is 6.04 Å². The van der Waals surface area contributed by atoms with E-state index in [4.69, 9.17) is 0 Å². The van der Waals surface area contributed by atoms with Crippen LogP contribution in [0, 0.1) is 0 Å². The summed E-state index contributed by atoms with van der Waals surface area (Å²) in [6, 6.07) is -0.897. The van der Waals surface area contributed by atoms with E-state index in [1.165, 1.54) is 9.80 Å². The van der Waals surface area contributed by atoms with E-state index in [1.54, 1.807) is 13.1 Å². The lowest BCUT2D eigenvalue weighted by Gasteiger charge is -2.33. The molecule has 24 heavy (non-hydrogen) atoms. The Balaban J connectivity index is 1.99. The Bertz CT molecular complexity index is 705. The number of nitrogens with zero attached hydrogens (tertiary/aromatic N) is 6. The van der Waals surface area contributed by atoms with Gasteiger partial charge < -0.3 is 0 Å². The summed E-state index contributed by atoms with van der Waals surface area (Å²) in [6.07, 6.45) is 4.55. The molecule has 8 heteroatoms. The first-order chi connectivity index (χ1) is 11.5. The van der Waals surface area contributed by atoms with Crippen molar-refractivity contribution in [2.24, 2.45) is 10.1 Å². The molecule has 1 fully saturated rings. The monoisotopic (exact) mass is 331 g/mol. The molecule has 0 spiro atoms. The van der Waals surface area contributed by atoms with Gasteiger partial charge in [0.25, 0.3) is 5.91 Å². The molecule has 1 unspecified atom stereocenters. The third kappa shape index (κ3) is 2.42. The first-order valence-corrected chi connectivity index (χ1v) is 8.23. The SMILES string of the molecule is C/C=C/CN1C(=O)C2C(=NC3=[N+]2CC(C)=NN3CCC)N(C)C1=O. The van der Waals surface area contributed by atoms with Crippen LogP contribution in [-0.2, 0) is 4.79 Å². The van der Waals surface area contributed by atoms with Crippen molar-refractivity contribution in [1.29, 1.82) is 0 Å². The third-order valence-electron chi connectivity index (χ3n) is 4.27. The predicted molar refractivity (Wildman–Crippen MR) is 91.1 cm³/mol. The number of hydrogen-bond donors (Lipinski definition) is 0. The van der Waals surface area contributed by atoms with Crippen molar-refractivity contribution < 1.29 is 14.2 Å². The highest BCUT2D eigenvalue weighted by molar-refractivity contribution is 6.23. The zero-order chi connectivity index (χ0) is 17.4. The average molecular weight is 331 g/mol. The number of allylic oxidation sites excluding steroid dienone is 1. The number of urea groups is 1.